The quantitative estimate of drug-likeness (QED) is 0.626. The normalized spacial score (nSPS) is 12.7. The monoisotopic (exact) mass is 278 g/mol. The number of aromatic nitrogens is 1. The van der Waals surface area contributed by atoms with Crippen LogP contribution in [0.1, 0.15) is 27.7 Å². The third-order valence-electron chi connectivity index (χ3n) is 2.96. The van der Waals surface area contributed by atoms with Gasteiger partial charge in [-0.2, -0.15) is 0 Å². The minimum atomic E-state index is -0.852. The van der Waals surface area contributed by atoms with E-state index in [-0.39, 0.29) is 12.5 Å². The van der Waals surface area contributed by atoms with Crippen LogP contribution in [-0.2, 0) is 14.3 Å². The Labute approximate surface area is 119 Å². The van der Waals surface area contributed by atoms with E-state index in [0.29, 0.717) is 5.82 Å². The number of carbonyl (C=O) groups excluding carboxylic acids is 2. The third-order valence-corrected chi connectivity index (χ3v) is 2.96. The summed E-state index contributed by atoms with van der Waals surface area (Å²) in [5.41, 5.74) is -0.521. The predicted molar refractivity (Wildman–Crippen MR) is 77.2 cm³/mol. The fourth-order valence-electron chi connectivity index (χ4n) is 1.91. The molecule has 1 heterocycles. The van der Waals surface area contributed by atoms with E-state index in [1.807, 2.05) is 20.8 Å². The summed E-state index contributed by atoms with van der Waals surface area (Å²) < 4.78 is 5.03. The Morgan fingerprint density at radius 2 is 2.00 bits per heavy atom. The van der Waals surface area contributed by atoms with Crippen molar-refractivity contribution in [2.75, 3.05) is 18.6 Å². The fraction of sp³-hybridized carbons (Fsp3) is 0.533. The van der Waals surface area contributed by atoms with E-state index in [2.05, 4.69) is 4.98 Å². The average molecular weight is 278 g/mol. The van der Waals surface area contributed by atoms with E-state index in [1.54, 1.807) is 38.4 Å². The molecule has 20 heavy (non-hydrogen) atoms. The summed E-state index contributed by atoms with van der Waals surface area (Å²) in [6.45, 7) is 7.52. The SMILES string of the molecule is CCOC(=O)C(C(=O)N(C)c1ccccn1)C(C)(C)C. The van der Waals surface area contributed by atoms with Gasteiger partial charge < -0.3 is 4.74 Å². The fourth-order valence-corrected chi connectivity index (χ4v) is 1.91. The van der Waals surface area contributed by atoms with Crippen LogP contribution in [0.5, 0.6) is 0 Å². The van der Waals surface area contributed by atoms with E-state index >= 15 is 0 Å². The van der Waals surface area contributed by atoms with Crippen molar-refractivity contribution >= 4 is 17.7 Å². The highest BCUT2D eigenvalue weighted by Crippen LogP contribution is 2.29. The molecule has 1 aromatic heterocycles. The van der Waals surface area contributed by atoms with Gasteiger partial charge in [0.15, 0.2) is 0 Å². The molecule has 1 unspecified atom stereocenters. The van der Waals surface area contributed by atoms with Crippen molar-refractivity contribution in [1.82, 2.24) is 4.98 Å². The number of ether oxygens (including phenoxy) is 1. The summed E-state index contributed by atoms with van der Waals surface area (Å²) in [6, 6.07) is 5.29. The first-order valence-corrected chi connectivity index (χ1v) is 6.64. The topological polar surface area (TPSA) is 59.5 Å². The lowest BCUT2D eigenvalue weighted by atomic mass is 9.80. The molecule has 0 aromatic carbocycles. The Hall–Kier alpha value is -1.91. The average Bonchev–Trinajstić information content (AvgIpc) is 2.37. The maximum atomic E-state index is 12.6. The summed E-state index contributed by atoms with van der Waals surface area (Å²) in [5.74, 6) is -1.15. The predicted octanol–water partition coefficient (Wildman–Crippen LogP) is 2.27. The number of hydrogen-bond acceptors (Lipinski definition) is 4. The Morgan fingerprint density at radius 3 is 2.45 bits per heavy atom. The maximum absolute atomic E-state index is 12.6. The van der Waals surface area contributed by atoms with Gasteiger partial charge in [-0.1, -0.05) is 26.8 Å². The largest absolute Gasteiger partial charge is 0.465 e. The lowest BCUT2D eigenvalue weighted by Gasteiger charge is -2.30. The summed E-state index contributed by atoms with van der Waals surface area (Å²) in [5, 5.41) is 0. The zero-order chi connectivity index (χ0) is 15.3. The number of esters is 1. The second kappa shape index (κ2) is 6.50. The molecule has 0 saturated heterocycles. The van der Waals surface area contributed by atoms with Gasteiger partial charge in [-0.25, -0.2) is 4.98 Å². The number of rotatable bonds is 4. The van der Waals surface area contributed by atoms with Crippen LogP contribution in [-0.4, -0.2) is 30.5 Å². The zero-order valence-electron chi connectivity index (χ0n) is 12.7. The Balaban J connectivity index is 3.03. The Bertz CT molecular complexity index is 466. The van der Waals surface area contributed by atoms with Crippen molar-refractivity contribution in [1.29, 1.82) is 0 Å². The van der Waals surface area contributed by atoms with Gasteiger partial charge in [-0.3, -0.25) is 14.5 Å². The zero-order valence-corrected chi connectivity index (χ0v) is 12.7. The van der Waals surface area contributed by atoms with Gasteiger partial charge in [0.1, 0.15) is 11.7 Å². The van der Waals surface area contributed by atoms with Gasteiger partial charge in [0, 0.05) is 13.2 Å². The molecule has 0 aliphatic heterocycles. The highest BCUT2D eigenvalue weighted by Gasteiger charge is 2.40. The number of amides is 1. The van der Waals surface area contributed by atoms with Crippen molar-refractivity contribution < 1.29 is 14.3 Å². The molecule has 0 fully saturated rings. The molecular weight excluding hydrogens is 256 g/mol. The van der Waals surface area contributed by atoms with Crippen LogP contribution in [0.25, 0.3) is 0 Å². The van der Waals surface area contributed by atoms with Crippen molar-refractivity contribution in [2.24, 2.45) is 11.3 Å². The summed E-state index contributed by atoms with van der Waals surface area (Å²) in [6.07, 6.45) is 1.61. The number of carbonyl (C=O) groups is 2. The highest BCUT2D eigenvalue weighted by atomic mass is 16.5. The van der Waals surface area contributed by atoms with Crippen molar-refractivity contribution in [3.8, 4) is 0 Å². The van der Waals surface area contributed by atoms with Gasteiger partial charge in [-0.05, 0) is 24.5 Å². The van der Waals surface area contributed by atoms with Gasteiger partial charge in [0.25, 0.3) is 0 Å². The molecule has 1 amide bonds. The van der Waals surface area contributed by atoms with Crippen LogP contribution in [0.4, 0.5) is 5.82 Å². The summed E-state index contributed by atoms with van der Waals surface area (Å²) >= 11 is 0. The van der Waals surface area contributed by atoms with Crippen LogP contribution in [0.3, 0.4) is 0 Å². The molecule has 0 saturated carbocycles. The Kier molecular flexibility index (Phi) is 5.25. The van der Waals surface area contributed by atoms with E-state index < -0.39 is 17.3 Å². The van der Waals surface area contributed by atoms with Gasteiger partial charge in [-0.15, -0.1) is 0 Å². The van der Waals surface area contributed by atoms with Crippen molar-refractivity contribution in [2.45, 2.75) is 27.7 Å². The van der Waals surface area contributed by atoms with E-state index in [9.17, 15) is 9.59 Å². The molecule has 0 aliphatic rings. The van der Waals surface area contributed by atoms with E-state index in [1.165, 1.54) is 4.90 Å². The standard InChI is InChI=1S/C15H22N2O3/c1-6-20-14(19)12(15(2,3)4)13(18)17(5)11-9-7-8-10-16-11/h7-10,12H,6H2,1-5H3. The third kappa shape index (κ3) is 3.79. The maximum Gasteiger partial charge on any atom is 0.319 e. The van der Waals surface area contributed by atoms with E-state index in [0.717, 1.165) is 0 Å². The van der Waals surface area contributed by atoms with Crippen LogP contribution < -0.4 is 4.90 Å². The number of hydrogen-bond donors (Lipinski definition) is 0. The molecule has 0 bridgehead atoms. The Morgan fingerprint density at radius 1 is 1.35 bits per heavy atom. The minimum absolute atomic E-state index is 0.256. The minimum Gasteiger partial charge on any atom is -0.465 e. The second-order valence-electron chi connectivity index (χ2n) is 5.64. The van der Waals surface area contributed by atoms with Crippen molar-refractivity contribution in [3.05, 3.63) is 24.4 Å². The number of pyridine rings is 1. The smallest absolute Gasteiger partial charge is 0.319 e. The summed E-state index contributed by atoms with van der Waals surface area (Å²) in [7, 11) is 1.61. The molecule has 5 nitrogen and oxygen atoms in total. The molecule has 0 spiro atoms. The first kappa shape index (κ1) is 16.1. The lowest BCUT2D eigenvalue weighted by molar-refractivity contribution is -0.155. The number of anilines is 1. The molecule has 1 rings (SSSR count). The van der Waals surface area contributed by atoms with Crippen LogP contribution in [0, 0.1) is 11.3 Å². The van der Waals surface area contributed by atoms with Crippen molar-refractivity contribution in [3.63, 3.8) is 0 Å². The van der Waals surface area contributed by atoms with Crippen LogP contribution in [0.15, 0.2) is 24.4 Å². The molecule has 0 aliphatic carbocycles. The molecule has 0 radical (unpaired) electrons. The van der Waals surface area contributed by atoms with Gasteiger partial charge >= 0.3 is 5.97 Å². The number of nitrogens with zero attached hydrogens (tertiary/aromatic N) is 2. The van der Waals surface area contributed by atoms with E-state index in [4.69, 9.17) is 4.74 Å². The molecule has 1 atom stereocenters. The second-order valence-corrected chi connectivity index (χ2v) is 5.64. The molecular formula is C15H22N2O3. The van der Waals surface area contributed by atoms with Gasteiger partial charge in [0.2, 0.25) is 5.91 Å². The first-order chi connectivity index (χ1) is 9.29. The molecule has 110 valence electrons. The van der Waals surface area contributed by atoms with Crippen LogP contribution >= 0.6 is 0 Å². The molecule has 5 heteroatoms. The van der Waals surface area contributed by atoms with Crippen LogP contribution in [0.2, 0.25) is 0 Å². The van der Waals surface area contributed by atoms with Gasteiger partial charge in [0.05, 0.1) is 6.61 Å². The lowest BCUT2D eigenvalue weighted by Crippen LogP contribution is -2.44. The molecule has 1 aromatic rings. The highest BCUT2D eigenvalue weighted by molar-refractivity contribution is 6.06. The first-order valence-electron chi connectivity index (χ1n) is 6.64. The molecule has 0 N–H and O–H groups in total. The summed E-state index contributed by atoms with van der Waals surface area (Å²) in [4.78, 5) is 30.2.